The number of halogens is 6. The maximum Gasteiger partial charge on any atom is 0.501 e. The lowest BCUT2D eigenvalue weighted by Crippen LogP contribution is -2.25. The number of sulfone groups is 1. The predicted octanol–water partition coefficient (Wildman–Crippen LogP) is 5.04. The van der Waals surface area contributed by atoms with Crippen LogP contribution in [0.2, 0.25) is 0 Å². The molecule has 0 saturated carbocycles. The Morgan fingerprint density at radius 3 is 2.42 bits per heavy atom. The second-order valence-corrected chi connectivity index (χ2v) is 9.83. The van der Waals surface area contributed by atoms with Crippen LogP contribution in [0.3, 0.4) is 0 Å². The molecule has 0 unspecified atom stereocenters. The summed E-state index contributed by atoms with van der Waals surface area (Å²) in [5.41, 5.74) is -5.48. The van der Waals surface area contributed by atoms with Crippen LogP contribution in [0.5, 0.6) is 0 Å². The van der Waals surface area contributed by atoms with E-state index in [1.54, 1.807) is 0 Å². The summed E-state index contributed by atoms with van der Waals surface area (Å²) in [4.78, 5) is -1.19. The smallest absolute Gasteiger partial charge is 0.385 e. The summed E-state index contributed by atoms with van der Waals surface area (Å²) in [6.07, 6.45) is -2.56. The van der Waals surface area contributed by atoms with Gasteiger partial charge in [0.25, 0.3) is 9.84 Å². The van der Waals surface area contributed by atoms with Gasteiger partial charge in [0.15, 0.2) is 0 Å². The number of aliphatic hydroxyl groups excluding tert-OH is 1. The quantitative estimate of drug-likeness (QED) is 0.500. The molecule has 2 aromatic rings. The SMILES string of the molecule is O=S(=O)(c1ccc([C@H]2CCCCc3cc(F)cc(F)c32)c2c1[C@H](O)[C@H](F)C2)C(F)(F)F. The molecule has 2 aliphatic rings. The molecule has 1 N–H and O–H groups in total. The van der Waals surface area contributed by atoms with Crippen LogP contribution < -0.4 is 0 Å². The summed E-state index contributed by atoms with van der Waals surface area (Å²) < 4.78 is 106. The lowest BCUT2D eigenvalue weighted by Gasteiger charge is -2.23. The molecular formula is C21H18F6O3S. The van der Waals surface area contributed by atoms with E-state index >= 15 is 0 Å². The summed E-state index contributed by atoms with van der Waals surface area (Å²) in [7, 11) is -5.84. The molecule has 0 amide bonds. The molecule has 10 heteroatoms. The molecule has 4 rings (SSSR count). The van der Waals surface area contributed by atoms with E-state index in [9.17, 15) is 39.9 Å². The number of rotatable bonds is 2. The topological polar surface area (TPSA) is 54.4 Å². The summed E-state index contributed by atoms with van der Waals surface area (Å²) >= 11 is 0. The van der Waals surface area contributed by atoms with Crippen molar-refractivity contribution in [3.05, 3.63) is 63.7 Å². The summed E-state index contributed by atoms with van der Waals surface area (Å²) in [5, 5.41) is 10.2. The van der Waals surface area contributed by atoms with Crippen molar-refractivity contribution in [1.82, 2.24) is 0 Å². The van der Waals surface area contributed by atoms with E-state index in [0.717, 1.165) is 6.07 Å². The molecule has 2 aromatic carbocycles. The van der Waals surface area contributed by atoms with Gasteiger partial charge in [0, 0.05) is 24.0 Å². The minimum atomic E-state index is -5.84. The minimum absolute atomic E-state index is 0.0631. The van der Waals surface area contributed by atoms with Gasteiger partial charge in [-0.2, -0.15) is 13.2 Å². The molecule has 168 valence electrons. The highest BCUT2D eigenvalue weighted by Gasteiger charge is 2.50. The fourth-order valence-electron chi connectivity index (χ4n) is 4.74. The molecule has 0 radical (unpaired) electrons. The first kappa shape index (κ1) is 22.1. The average molecular weight is 464 g/mol. The van der Waals surface area contributed by atoms with Crippen molar-refractivity contribution < 1.29 is 39.9 Å². The second kappa shape index (κ2) is 7.51. The third-order valence-electron chi connectivity index (χ3n) is 6.08. The van der Waals surface area contributed by atoms with Crippen molar-refractivity contribution in [3.63, 3.8) is 0 Å². The third-order valence-corrected chi connectivity index (χ3v) is 7.62. The molecule has 0 saturated heterocycles. The van der Waals surface area contributed by atoms with Gasteiger partial charge in [-0.3, -0.25) is 0 Å². The molecule has 0 aromatic heterocycles. The molecule has 0 fully saturated rings. The van der Waals surface area contributed by atoms with E-state index in [4.69, 9.17) is 0 Å². The Labute approximate surface area is 174 Å². The average Bonchev–Trinajstić information content (AvgIpc) is 2.84. The number of aryl methyl sites for hydroxylation is 1. The van der Waals surface area contributed by atoms with Gasteiger partial charge in [-0.25, -0.2) is 21.6 Å². The molecular weight excluding hydrogens is 446 g/mol. The highest BCUT2D eigenvalue weighted by Crippen LogP contribution is 2.47. The number of hydrogen-bond donors (Lipinski definition) is 1. The van der Waals surface area contributed by atoms with Crippen LogP contribution >= 0.6 is 0 Å². The number of aliphatic hydroxyl groups is 1. The highest BCUT2D eigenvalue weighted by molar-refractivity contribution is 7.92. The zero-order valence-corrected chi connectivity index (χ0v) is 16.8. The van der Waals surface area contributed by atoms with E-state index in [1.807, 2.05) is 0 Å². The van der Waals surface area contributed by atoms with Crippen LogP contribution in [0, 0.1) is 11.6 Å². The lowest BCUT2D eigenvalue weighted by atomic mass is 9.82. The van der Waals surface area contributed by atoms with Crippen molar-refractivity contribution in [2.45, 2.75) is 60.7 Å². The Morgan fingerprint density at radius 2 is 1.74 bits per heavy atom. The van der Waals surface area contributed by atoms with Crippen LogP contribution in [0.4, 0.5) is 26.3 Å². The van der Waals surface area contributed by atoms with Gasteiger partial charge >= 0.3 is 5.51 Å². The molecule has 3 nitrogen and oxygen atoms in total. The van der Waals surface area contributed by atoms with Gasteiger partial charge in [0.05, 0.1) is 4.90 Å². The fraction of sp³-hybridized carbons (Fsp3) is 0.429. The van der Waals surface area contributed by atoms with E-state index in [-0.39, 0.29) is 16.7 Å². The maximum absolute atomic E-state index is 14.8. The van der Waals surface area contributed by atoms with Crippen molar-refractivity contribution in [2.75, 3.05) is 0 Å². The van der Waals surface area contributed by atoms with Crippen LogP contribution in [0.25, 0.3) is 0 Å². The van der Waals surface area contributed by atoms with Gasteiger partial charge in [-0.1, -0.05) is 12.5 Å². The first-order chi connectivity index (χ1) is 14.4. The standard InChI is InChI=1S/C21H18F6O3S/c22-11-7-10-3-1-2-4-13(18(10)15(23)8-11)12-5-6-17(31(29,30)21(25,26)27)19-14(12)9-16(24)20(19)28/h5-8,13,16,20,28H,1-4,9H2/t13-,16-,20-/m1/s1. The lowest BCUT2D eigenvalue weighted by molar-refractivity contribution is -0.0437. The normalized spacial score (nSPS) is 23.9. The highest BCUT2D eigenvalue weighted by atomic mass is 32.2. The van der Waals surface area contributed by atoms with Gasteiger partial charge in [0.1, 0.15) is 23.9 Å². The molecule has 0 heterocycles. The monoisotopic (exact) mass is 464 g/mol. The molecule has 3 atom stereocenters. The molecule has 0 spiro atoms. The van der Waals surface area contributed by atoms with Gasteiger partial charge < -0.3 is 5.11 Å². The number of benzene rings is 2. The van der Waals surface area contributed by atoms with E-state index < -0.39 is 62.1 Å². The fourth-order valence-corrected chi connectivity index (χ4v) is 5.77. The zero-order chi connectivity index (χ0) is 22.7. The number of fused-ring (bicyclic) bond motifs is 2. The van der Waals surface area contributed by atoms with Crippen LogP contribution in [-0.4, -0.2) is 25.2 Å². The molecule has 31 heavy (non-hydrogen) atoms. The minimum Gasteiger partial charge on any atom is -0.385 e. The van der Waals surface area contributed by atoms with E-state index in [2.05, 4.69) is 0 Å². The van der Waals surface area contributed by atoms with Crippen molar-refractivity contribution >= 4 is 9.84 Å². The first-order valence-electron chi connectivity index (χ1n) is 9.70. The largest absolute Gasteiger partial charge is 0.501 e. The molecule has 0 bridgehead atoms. The van der Waals surface area contributed by atoms with E-state index in [0.29, 0.717) is 43.4 Å². The van der Waals surface area contributed by atoms with Crippen LogP contribution in [-0.2, 0) is 22.7 Å². The summed E-state index contributed by atoms with van der Waals surface area (Å²) in [6, 6.07) is 3.74. The predicted molar refractivity (Wildman–Crippen MR) is 99.0 cm³/mol. The second-order valence-electron chi connectivity index (χ2n) is 7.92. The third kappa shape index (κ3) is 3.53. The Balaban J connectivity index is 1.96. The van der Waals surface area contributed by atoms with E-state index in [1.165, 1.54) is 6.07 Å². The number of alkyl halides is 4. The van der Waals surface area contributed by atoms with Gasteiger partial charge in [0.2, 0.25) is 0 Å². The molecule has 2 aliphatic carbocycles. The zero-order valence-electron chi connectivity index (χ0n) is 16.0. The van der Waals surface area contributed by atoms with Crippen molar-refractivity contribution in [2.24, 2.45) is 0 Å². The Kier molecular flexibility index (Phi) is 5.36. The van der Waals surface area contributed by atoms with Crippen LogP contribution in [0.1, 0.15) is 59.1 Å². The Morgan fingerprint density at radius 1 is 1.03 bits per heavy atom. The van der Waals surface area contributed by atoms with Gasteiger partial charge in [-0.05, 0) is 53.6 Å². The summed E-state index contributed by atoms with van der Waals surface area (Å²) in [6.45, 7) is 0. The molecule has 0 aliphatic heterocycles. The Hall–Kier alpha value is -2.07. The first-order valence-corrected chi connectivity index (χ1v) is 11.2. The summed E-state index contributed by atoms with van der Waals surface area (Å²) in [5.74, 6) is -2.31. The van der Waals surface area contributed by atoms with Gasteiger partial charge in [-0.15, -0.1) is 0 Å². The maximum atomic E-state index is 14.8. The Bertz CT molecular complexity index is 1140. The number of hydrogen-bond acceptors (Lipinski definition) is 3. The van der Waals surface area contributed by atoms with Crippen molar-refractivity contribution in [1.29, 1.82) is 0 Å². The van der Waals surface area contributed by atoms with Crippen molar-refractivity contribution in [3.8, 4) is 0 Å². The van der Waals surface area contributed by atoms with Crippen LogP contribution in [0.15, 0.2) is 29.2 Å².